The van der Waals surface area contributed by atoms with E-state index in [4.69, 9.17) is 0 Å². The highest BCUT2D eigenvalue weighted by Crippen LogP contribution is 2.43. The van der Waals surface area contributed by atoms with E-state index < -0.39 is 0 Å². The molecule has 0 nitrogen and oxygen atoms in total. The van der Waals surface area contributed by atoms with Gasteiger partial charge in [0.2, 0.25) is 0 Å². The van der Waals surface area contributed by atoms with Crippen LogP contribution in [0.25, 0.3) is 26.8 Å². The van der Waals surface area contributed by atoms with Gasteiger partial charge in [-0.3, -0.25) is 0 Å². The van der Waals surface area contributed by atoms with Crippen LogP contribution in [-0.4, -0.2) is 0 Å². The SMILES string of the molecule is C1=CCc2sc3c(-c4ccccc4)cccc3c2C(c2ccccc2)=C1. The molecule has 0 atom stereocenters. The molecule has 0 aliphatic heterocycles. The molecular formula is C25H18S. The molecule has 0 N–H and O–H groups in total. The first-order valence-corrected chi connectivity index (χ1v) is 9.76. The molecule has 0 fully saturated rings. The van der Waals surface area contributed by atoms with E-state index in [0.717, 1.165) is 6.42 Å². The Morgan fingerprint density at radius 1 is 0.692 bits per heavy atom. The summed E-state index contributed by atoms with van der Waals surface area (Å²) in [7, 11) is 0. The molecule has 3 aromatic carbocycles. The molecule has 1 aliphatic carbocycles. The highest BCUT2D eigenvalue weighted by molar-refractivity contribution is 7.20. The summed E-state index contributed by atoms with van der Waals surface area (Å²) in [6.45, 7) is 0. The summed E-state index contributed by atoms with van der Waals surface area (Å²) in [5.41, 5.74) is 6.63. The van der Waals surface area contributed by atoms with Gasteiger partial charge in [0.1, 0.15) is 0 Å². The number of benzene rings is 3. The number of allylic oxidation sites excluding steroid dienone is 3. The van der Waals surface area contributed by atoms with Crippen molar-refractivity contribution in [1.29, 1.82) is 0 Å². The van der Waals surface area contributed by atoms with Crippen molar-refractivity contribution in [2.45, 2.75) is 6.42 Å². The van der Waals surface area contributed by atoms with E-state index >= 15 is 0 Å². The third-order valence-electron chi connectivity index (χ3n) is 4.93. The van der Waals surface area contributed by atoms with E-state index in [1.807, 2.05) is 11.3 Å². The van der Waals surface area contributed by atoms with Crippen LogP contribution in [0.1, 0.15) is 16.0 Å². The Hall–Kier alpha value is -2.90. The van der Waals surface area contributed by atoms with E-state index in [1.165, 1.54) is 42.8 Å². The zero-order valence-corrected chi connectivity index (χ0v) is 15.2. The molecule has 26 heavy (non-hydrogen) atoms. The molecule has 1 aromatic heterocycles. The summed E-state index contributed by atoms with van der Waals surface area (Å²) in [5, 5.41) is 1.37. The fraction of sp³-hybridized carbons (Fsp3) is 0.0400. The molecule has 0 saturated carbocycles. The van der Waals surface area contributed by atoms with Crippen LogP contribution in [0, 0.1) is 0 Å². The quantitative estimate of drug-likeness (QED) is 0.361. The molecule has 1 heterocycles. The summed E-state index contributed by atoms with van der Waals surface area (Å²) < 4.78 is 1.39. The van der Waals surface area contributed by atoms with E-state index in [0.29, 0.717) is 0 Å². The van der Waals surface area contributed by atoms with Gasteiger partial charge in [0.15, 0.2) is 0 Å². The largest absolute Gasteiger partial charge is 0.139 e. The maximum atomic E-state index is 2.28. The molecular weight excluding hydrogens is 332 g/mol. The van der Waals surface area contributed by atoms with Gasteiger partial charge in [-0.1, -0.05) is 97.1 Å². The van der Waals surface area contributed by atoms with Crippen molar-refractivity contribution in [3.05, 3.63) is 113 Å². The van der Waals surface area contributed by atoms with Gasteiger partial charge in [0.25, 0.3) is 0 Å². The Morgan fingerprint density at radius 2 is 1.42 bits per heavy atom. The average molecular weight is 350 g/mol. The first-order valence-electron chi connectivity index (χ1n) is 8.94. The molecule has 124 valence electrons. The first-order chi connectivity index (χ1) is 12.9. The Kier molecular flexibility index (Phi) is 3.80. The number of hydrogen-bond acceptors (Lipinski definition) is 1. The van der Waals surface area contributed by atoms with E-state index in [2.05, 4.69) is 97.1 Å². The lowest BCUT2D eigenvalue weighted by Gasteiger charge is -2.09. The van der Waals surface area contributed by atoms with Crippen molar-refractivity contribution in [3.63, 3.8) is 0 Å². The van der Waals surface area contributed by atoms with Crippen molar-refractivity contribution < 1.29 is 0 Å². The third-order valence-corrected chi connectivity index (χ3v) is 6.19. The molecule has 0 amide bonds. The van der Waals surface area contributed by atoms with E-state index in [-0.39, 0.29) is 0 Å². The van der Waals surface area contributed by atoms with Crippen LogP contribution in [0.3, 0.4) is 0 Å². The van der Waals surface area contributed by atoms with Gasteiger partial charge in [-0.05, 0) is 22.3 Å². The standard InChI is InChI=1S/C25H18S/c1-3-10-18(11-4-1)20-14-7-8-17-23-24(20)22-16-9-15-21(25(22)26-23)19-12-5-2-6-13-19/h1-16H,17H2. The summed E-state index contributed by atoms with van der Waals surface area (Å²) in [4.78, 5) is 1.45. The third kappa shape index (κ3) is 2.53. The zero-order chi connectivity index (χ0) is 17.3. The van der Waals surface area contributed by atoms with Gasteiger partial charge in [0, 0.05) is 26.9 Å². The minimum Gasteiger partial charge on any atom is -0.139 e. The van der Waals surface area contributed by atoms with Crippen molar-refractivity contribution in [2.24, 2.45) is 0 Å². The second-order valence-electron chi connectivity index (χ2n) is 6.53. The molecule has 0 radical (unpaired) electrons. The summed E-state index contributed by atoms with van der Waals surface area (Å²) >= 11 is 1.94. The Morgan fingerprint density at radius 3 is 2.19 bits per heavy atom. The van der Waals surface area contributed by atoms with E-state index in [1.54, 1.807) is 0 Å². The fourth-order valence-corrected chi connectivity index (χ4v) is 5.06. The smallest absolute Gasteiger partial charge is 0.0430 e. The molecule has 0 unspecified atom stereocenters. The zero-order valence-electron chi connectivity index (χ0n) is 14.4. The maximum absolute atomic E-state index is 2.28. The highest BCUT2D eigenvalue weighted by atomic mass is 32.1. The van der Waals surface area contributed by atoms with Crippen LogP contribution in [0.15, 0.2) is 97.1 Å². The molecule has 4 aromatic rings. The highest BCUT2D eigenvalue weighted by Gasteiger charge is 2.19. The predicted molar refractivity (Wildman–Crippen MR) is 114 cm³/mol. The molecule has 1 heteroatoms. The van der Waals surface area contributed by atoms with Crippen molar-refractivity contribution in [1.82, 2.24) is 0 Å². The lowest BCUT2D eigenvalue weighted by molar-refractivity contribution is 1.34. The summed E-state index contributed by atoms with van der Waals surface area (Å²) in [6.07, 6.45) is 7.73. The minimum atomic E-state index is 0.996. The first kappa shape index (κ1) is 15.4. The second kappa shape index (κ2) is 6.44. The Labute approximate surface area is 157 Å². The normalized spacial score (nSPS) is 13.3. The maximum Gasteiger partial charge on any atom is 0.0430 e. The molecule has 0 bridgehead atoms. The van der Waals surface area contributed by atoms with Crippen LogP contribution in [0.4, 0.5) is 0 Å². The monoisotopic (exact) mass is 350 g/mol. The lowest BCUT2D eigenvalue weighted by atomic mass is 9.94. The number of hydrogen-bond donors (Lipinski definition) is 0. The van der Waals surface area contributed by atoms with Crippen LogP contribution in [0.2, 0.25) is 0 Å². The Bertz CT molecular complexity index is 1130. The van der Waals surface area contributed by atoms with Crippen molar-refractivity contribution in [3.8, 4) is 11.1 Å². The fourth-order valence-electron chi connectivity index (χ4n) is 3.73. The topological polar surface area (TPSA) is 0 Å². The van der Waals surface area contributed by atoms with Crippen molar-refractivity contribution in [2.75, 3.05) is 0 Å². The lowest BCUT2D eigenvalue weighted by Crippen LogP contribution is -1.89. The van der Waals surface area contributed by atoms with Gasteiger partial charge in [0.05, 0.1) is 0 Å². The summed E-state index contributed by atoms with van der Waals surface area (Å²) in [6, 6.07) is 28.2. The Balaban J connectivity index is 1.79. The van der Waals surface area contributed by atoms with Gasteiger partial charge >= 0.3 is 0 Å². The molecule has 0 spiro atoms. The van der Waals surface area contributed by atoms with E-state index in [9.17, 15) is 0 Å². The minimum absolute atomic E-state index is 0.996. The molecule has 0 saturated heterocycles. The predicted octanol–water partition coefficient (Wildman–Crippen LogP) is 7.11. The number of fused-ring (bicyclic) bond motifs is 3. The van der Waals surface area contributed by atoms with Gasteiger partial charge in [-0.2, -0.15) is 0 Å². The van der Waals surface area contributed by atoms with Crippen LogP contribution in [-0.2, 0) is 6.42 Å². The molecule has 1 aliphatic rings. The van der Waals surface area contributed by atoms with Crippen LogP contribution >= 0.6 is 11.3 Å². The molecule has 5 rings (SSSR count). The van der Waals surface area contributed by atoms with Crippen LogP contribution < -0.4 is 0 Å². The number of rotatable bonds is 2. The van der Waals surface area contributed by atoms with Crippen molar-refractivity contribution >= 4 is 27.0 Å². The van der Waals surface area contributed by atoms with Gasteiger partial charge in [-0.15, -0.1) is 11.3 Å². The van der Waals surface area contributed by atoms with Gasteiger partial charge in [-0.25, -0.2) is 0 Å². The second-order valence-corrected chi connectivity index (χ2v) is 7.63. The summed E-state index contributed by atoms with van der Waals surface area (Å²) in [5.74, 6) is 0. The van der Waals surface area contributed by atoms with Gasteiger partial charge < -0.3 is 0 Å². The number of thiophene rings is 1. The average Bonchev–Trinajstić information content (AvgIpc) is 2.94. The van der Waals surface area contributed by atoms with Crippen LogP contribution in [0.5, 0.6) is 0 Å².